The second-order valence-corrected chi connectivity index (χ2v) is 5.42. The van der Waals surface area contributed by atoms with Crippen LogP contribution in [-0.4, -0.2) is 12.4 Å². The SMILES string of the molecule is COc1cc(C)c(C(CBr)C2CC2)cc1C. The third kappa shape index (κ3) is 2.27. The van der Waals surface area contributed by atoms with Gasteiger partial charge in [-0.2, -0.15) is 0 Å². The molecule has 2 heteroatoms. The first-order valence-electron chi connectivity index (χ1n) is 5.88. The van der Waals surface area contributed by atoms with E-state index in [4.69, 9.17) is 4.74 Å². The first-order chi connectivity index (χ1) is 7.67. The fourth-order valence-electron chi connectivity index (χ4n) is 2.39. The van der Waals surface area contributed by atoms with Gasteiger partial charge in [-0.25, -0.2) is 0 Å². The van der Waals surface area contributed by atoms with Crippen molar-refractivity contribution in [2.24, 2.45) is 5.92 Å². The zero-order chi connectivity index (χ0) is 11.7. The maximum atomic E-state index is 5.36. The van der Waals surface area contributed by atoms with Crippen LogP contribution in [0, 0.1) is 19.8 Å². The monoisotopic (exact) mass is 282 g/mol. The van der Waals surface area contributed by atoms with E-state index in [9.17, 15) is 0 Å². The number of rotatable bonds is 4. The number of aryl methyl sites for hydroxylation is 2. The molecule has 0 N–H and O–H groups in total. The lowest BCUT2D eigenvalue weighted by molar-refractivity contribution is 0.411. The summed E-state index contributed by atoms with van der Waals surface area (Å²) < 4.78 is 5.36. The van der Waals surface area contributed by atoms with Gasteiger partial charge in [-0.3, -0.25) is 0 Å². The second kappa shape index (κ2) is 4.79. The average molecular weight is 283 g/mol. The number of alkyl halides is 1. The topological polar surface area (TPSA) is 9.23 Å². The van der Waals surface area contributed by atoms with E-state index in [1.807, 2.05) is 0 Å². The van der Waals surface area contributed by atoms with Gasteiger partial charge in [0.1, 0.15) is 5.75 Å². The van der Waals surface area contributed by atoms with Crippen LogP contribution in [0.5, 0.6) is 5.75 Å². The molecule has 0 saturated heterocycles. The number of hydrogen-bond donors (Lipinski definition) is 0. The molecular formula is C14H19BrO. The highest BCUT2D eigenvalue weighted by molar-refractivity contribution is 9.09. The van der Waals surface area contributed by atoms with Gasteiger partial charge in [0.25, 0.3) is 0 Å². The molecule has 0 aliphatic heterocycles. The van der Waals surface area contributed by atoms with Crippen molar-refractivity contribution in [1.29, 1.82) is 0 Å². The molecule has 1 nitrogen and oxygen atoms in total. The highest BCUT2D eigenvalue weighted by atomic mass is 79.9. The van der Waals surface area contributed by atoms with Gasteiger partial charge in [-0.1, -0.05) is 22.0 Å². The Labute approximate surface area is 106 Å². The molecule has 0 aromatic heterocycles. The molecular weight excluding hydrogens is 264 g/mol. The van der Waals surface area contributed by atoms with Gasteiger partial charge in [0.05, 0.1) is 7.11 Å². The molecule has 0 radical (unpaired) electrons. The molecule has 0 spiro atoms. The number of hydrogen-bond acceptors (Lipinski definition) is 1. The van der Waals surface area contributed by atoms with Gasteiger partial charge >= 0.3 is 0 Å². The van der Waals surface area contributed by atoms with E-state index in [0.717, 1.165) is 17.0 Å². The van der Waals surface area contributed by atoms with Gasteiger partial charge in [0, 0.05) is 5.33 Å². The lowest BCUT2D eigenvalue weighted by Gasteiger charge is -2.18. The number of ether oxygens (including phenoxy) is 1. The molecule has 88 valence electrons. The Bertz CT molecular complexity index is 383. The van der Waals surface area contributed by atoms with Crippen LogP contribution in [0.25, 0.3) is 0 Å². The van der Waals surface area contributed by atoms with Crippen molar-refractivity contribution in [2.75, 3.05) is 12.4 Å². The lowest BCUT2D eigenvalue weighted by atomic mass is 9.91. The predicted molar refractivity (Wildman–Crippen MR) is 71.7 cm³/mol. The van der Waals surface area contributed by atoms with Crippen molar-refractivity contribution in [3.63, 3.8) is 0 Å². The molecule has 2 rings (SSSR count). The third-order valence-corrected chi connectivity index (χ3v) is 4.24. The van der Waals surface area contributed by atoms with Crippen molar-refractivity contribution in [3.8, 4) is 5.75 Å². The minimum Gasteiger partial charge on any atom is -0.496 e. The van der Waals surface area contributed by atoms with Gasteiger partial charge in [-0.05, 0) is 61.3 Å². The van der Waals surface area contributed by atoms with Crippen LogP contribution >= 0.6 is 15.9 Å². The minimum atomic E-state index is 0.685. The maximum absolute atomic E-state index is 5.36. The number of methoxy groups -OCH3 is 1. The summed E-state index contributed by atoms with van der Waals surface area (Å²) in [7, 11) is 1.74. The normalized spacial score (nSPS) is 17.2. The molecule has 1 atom stereocenters. The van der Waals surface area contributed by atoms with Crippen LogP contribution < -0.4 is 4.74 Å². The third-order valence-electron chi connectivity index (χ3n) is 3.54. The minimum absolute atomic E-state index is 0.685. The largest absolute Gasteiger partial charge is 0.496 e. The van der Waals surface area contributed by atoms with Gasteiger partial charge in [0.2, 0.25) is 0 Å². The smallest absolute Gasteiger partial charge is 0.122 e. The number of halogens is 1. The summed E-state index contributed by atoms with van der Waals surface area (Å²) in [5.41, 5.74) is 4.10. The Morgan fingerprint density at radius 3 is 2.50 bits per heavy atom. The molecule has 1 aromatic carbocycles. The van der Waals surface area contributed by atoms with Crippen LogP contribution in [0.3, 0.4) is 0 Å². The van der Waals surface area contributed by atoms with E-state index >= 15 is 0 Å². The van der Waals surface area contributed by atoms with Crippen LogP contribution in [0.1, 0.15) is 35.4 Å². The molecule has 1 fully saturated rings. The van der Waals surface area contributed by atoms with E-state index in [1.165, 1.54) is 29.5 Å². The fraction of sp³-hybridized carbons (Fsp3) is 0.571. The molecule has 0 heterocycles. The fourth-order valence-corrected chi connectivity index (χ4v) is 3.27. The molecule has 16 heavy (non-hydrogen) atoms. The predicted octanol–water partition coefficient (Wildman–Crippen LogP) is 4.20. The summed E-state index contributed by atoms with van der Waals surface area (Å²) >= 11 is 3.66. The summed E-state index contributed by atoms with van der Waals surface area (Å²) in [6.07, 6.45) is 2.78. The highest BCUT2D eigenvalue weighted by Crippen LogP contribution is 2.45. The van der Waals surface area contributed by atoms with Crippen LogP contribution in [-0.2, 0) is 0 Å². The molecule has 1 aromatic rings. The van der Waals surface area contributed by atoms with E-state index in [2.05, 4.69) is 41.9 Å². The summed E-state index contributed by atoms with van der Waals surface area (Å²) in [6, 6.07) is 4.47. The van der Waals surface area contributed by atoms with E-state index in [0.29, 0.717) is 5.92 Å². The van der Waals surface area contributed by atoms with E-state index < -0.39 is 0 Å². The first-order valence-corrected chi connectivity index (χ1v) is 7.00. The molecule has 1 saturated carbocycles. The Kier molecular flexibility index (Phi) is 3.58. The Morgan fingerprint density at radius 1 is 1.31 bits per heavy atom. The Balaban J connectivity index is 2.36. The summed E-state index contributed by atoms with van der Waals surface area (Å²) in [5.74, 6) is 2.58. The zero-order valence-electron chi connectivity index (χ0n) is 10.2. The van der Waals surface area contributed by atoms with Crippen molar-refractivity contribution < 1.29 is 4.74 Å². The lowest BCUT2D eigenvalue weighted by Crippen LogP contribution is -2.06. The molecule has 1 unspecified atom stereocenters. The Hall–Kier alpha value is -0.500. The van der Waals surface area contributed by atoms with Crippen LogP contribution in [0.4, 0.5) is 0 Å². The molecule has 1 aliphatic carbocycles. The van der Waals surface area contributed by atoms with Crippen molar-refractivity contribution in [3.05, 3.63) is 28.8 Å². The quantitative estimate of drug-likeness (QED) is 0.752. The first kappa shape index (κ1) is 12.0. The molecule has 1 aliphatic rings. The molecule has 0 bridgehead atoms. The van der Waals surface area contributed by atoms with Gasteiger partial charge < -0.3 is 4.74 Å². The van der Waals surface area contributed by atoms with Gasteiger partial charge in [-0.15, -0.1) is 0 Å². The van der Waals surface area contributed by atoms with Crippen molar-refractivity contribution in [1.82, 2.24) is 0 Å². The van der Waals surface area contributed by atoms with E-state index in [1.54, 1.807) is 7.11 Å². The number of benzene rings is 1. The Morgan fingerprint density at radius 2 is 2.00 bits per heavy atom. The van der Waals surface area contributed by atoms with Crippen molar-refractivity contribution in [2.45, 2.75) is 32.6 Å². The standard InChI is InChI=1S/C14H19BrO/c1-9-7-14(16-3)10(2)6-12(9)13(8-15)11-4-5-11/h6-7,11,13H,4-5,8H2,1-3H3. The summed E-state index contributed by atoms with van der Waals surface area (Å²) in [5, 5.41) is 1.07. The van der Waals surface area contributed by atoms with Crippen molar-refractivity contribution >= 4 is 15.9 Å². The molecule has 0 amide bonds. The second-order valence-electron chi connectivity index (χ2n) is 4.78. The summed E-state index contributed by atoms with van der Waals surface area (Å²) in [4.78, 5) is 0. The maximum Gasteiger partial charge on any atom is 0.122 e. The van der Waals surface area contributed by atoms with Crippen LogP contribution in [0.15, 0.2) is 12.1 Å². The average Bonchev–Trinajstić information content (AvgIpc) is 3.08. The van der Waals surface area contributed by atoms with E-state index in [-0.39, 0.29) is 0 Å². The zero-order valence-corrected chi connectivity index (χ0v) is 11.8. The van der Waals surface area contributed by atoms with Gasteiger partial charge in [0.15, 0.2) is 0 Å². The summed E-state index contributed by atoms with van der Waals surface area (Å²) in [6.45, 7) is 4.31. The highest BCUT2D eigenvalue weighted by Gasteiger charge is 2.32. The van der Waals surface area contributed by atoms with Crippen LogP contribution in [0.2, 0.25) is 0 Å².